The maximum absolute atomic E-state index is 13.7. The van der Waals surface area contributed by atoms with Gasteiger partial charge in [0.1, 0.15) is 11.6 Å². The van der Waals surface area contributed by atoms with Crippen molar-refractivity contribution in [2.24, 2.45) is 11.8 Å². The van der Waals surface area contributed by atoms with Gasteiger partial charge in [0.05, 0.1) is 36.2 Å². The molecule has 2 fully saturated rings. The summed E-state index contributed by atoms with van der Waals surface area (Å²) < 4.78 is 50.7. The first-order valence-corrected chi connectivity index (χ1v) is 14.9. The second-order valence-corrected chi connectivity index (χ2v) is 12.6. The summed E-state index contributed by atoms with van der Waals surface area (Å²) in [6.45, 7) is 4.52. The summed E-state index contributed by atoms with van der Waals surface area (Å²) in [4.78, 5) is 17.1. The number of carbonyl (C=O) groups is 1. The second kappa shape index (κ2) is 12.2. The standard InChI is InChI=1S/C28H35N3O8S/c1-18(2)14-31(40(34,35)20-8-9-25-23(13-20)29-17-38-25)15-24(32)22(12-19-6-4-3-5-7-19)30-28(33)39-26-16-37-27-21(26)10-11-36-27/h3-9,13,17-18,21-22,24,26-27,32H,10-12,14-16H2,1-2H3,(H,30,33)/t21?,22-,24+,26?,27?/m0/s1. The van der Waals surface area contributed by atoms with Crippen LogP contribution in [0, 0.1) is 11.8 Å². The largest absolute Gasteiger partial charge is 0.443 e. The van der Waals surface area contributed by atoms with Crippen LogP contribution in [0.2, 0.25) is 0 Å². The van der Waals surface area contributed by atoms with Crippen LogP contribution in [0.3, 0.4) is 0 Å². The fraction of sp³-hybridized carbons (Fsp3) is 0.500. The zero-order valence-electron chi connectivity index (χ0n) is 22.5. The van der Waals surface area contributed by atoms with Crippen molar-refractivity contribution < 1.29 is 36.9 Å². The van der Waals surface area contributed by atoms with E-state index in [9.17, 15) is 18.3 Å². The Morgan fingerprint density at radius 2 is 1.98 bits per heavy atom. The summed E-state index contributed by atoms with van der Waals surface area (Å²) in [5.41, 5.74) is 1.77. The van der Waals surface area contributed by atoms with Gasteiger partial charge in [-0.25, -0.2) is 18.2 Å². The van der Waals surface area contributed by atoms with Crippen molar-refractivity contribution in [2.75, 3.05) is 26.3 Å². The number of hydrogen-bond acceptors (Lipinski definition) is 9. The molecule has 12 heteroatoms. The highest BCUT2D eigenvalue weighted by Crippen LogP contribution is 2.33. The Hall–Kier alpha value is -3.03. The molecule has 0 saturated carbocycles. The van der Waals surface area contributed by atoms with E-state index >= 15 is 0 Å². The smallest absolute Gasteiger partial charge is 0.407 e. The fourth-order valence-corrected chi connectivity index (χ4v) is 6.82. The van der Waals surface area contributed by atoms with Gasteiger partial charge in [0.15, 0.2) is 18.3 Å². The van der Waals surface area contributed by atoms with Gasteiger partial charge in [-0.1, -0.05) is 44.2 Å². The first kappa shape index (κ1) is 28.5. The number of ether oxygens (including phenoxy) is 3. The van der Waals surface area contributed by atoms with E-state index in [-0.39, 0.29) is 49.1 Å². The number of nitrogens with one attached hydrogen (secondary N) is 1. The molecule has 2 N–H and O–H groups in total. The Bertz CT molecular complexity index is 1400. The van der Waals surface area contributed by atoms with Crippen molar-refractivity contribution in [1.82, 2.24) is 14.6 Å². The molecule has 0 spiro atoms. The number of oxazole rings is 1. The molecule has 1 amide bonds. The second-order valence-electron chi connectivity index (χ2n) is 10.7. The predicted molar refractivity (Wildman–Crippen MR) is 145 cm³/mol. The number of aliphatic hydroxyl groups excluding tert-OH is 1. The molecule has 0 aliphatic carbocycles. The molecule has 2 aromatic carbocycles. The highest BCUT2D eigenvalue weighted by atomic mass is 32.2. The zero-order chi connectivity index (χ0) is 28.3. The molecule has 2 aliphatic rings. The van der Waals surface area contributed by atoms with Gasteiger partial charge in [0, 0.05) is 13.1 Å². The molecule has 2 saturated heterocycles. The monoisotopic (exact) mass is 573 g/mol. The minimum Gasteiger partial charge on any atom is -0.443 e. The fourth-order valence-electron chi connectivity index (χ4n) is 5.18. The van der Waals surface area contributed by atoms with Crippen LogP contribution in [0.25, 0.3) is 11.1 Å². The highest BCUT2D eigenvalue weighted by molar-refractivity contribution is 7.89. The van der Waals surface area contributed by atoms with Crippen LogP contribution in [-0.2, 0) is 30.7 Å². The normalized spacial score (nSPS) is 22.5. The molecule has 11 nitrogen and oxygen atoms in total. The van der Waals surface area contributed by atoms with Gasteiger partial charge in [-0.3, -0.25) is 0 Å². The molecule has 3 heterocycles. The van der Waals surface area contributed by atoms with Gasteiger partial charge < -0.3 is 29.1 Å². The maximum Gasteiger partial charge on any atom is 0.407 e. The van der Waals surface area contributed by atoms with Crippen LogP contribution in [0.1, 0.15) is 25.8 Å². The molecule has 3 aromatic rings. The van der Waals surface area contributed by atoms with Crippen molar-refractivity contribution in [1.29, 1.82) is 0 Å². The maximum atomic E-state index is 13.7. The first-order valence-electron chi connectivity index (χ1n) is 13.5. The molecule has 5 rings (SSSR count). The van der Waals surface area contributed by atoms with Gasteiger partial charge in [0.25, 0.3) is 0 Å². The summed E-state index contributed by atoms with van der Waals surface area (Å²) >= 11 is 0. The number of sulfonamides is 1. The zero-order valence-corrected chi connectivity index (χ0v) is 23.3. The molecule has 0 radical (unpaired) electrons. The van der Waals surface area contributed by atoms with Gasteiger partial charge in [-0.05, 0) is 42.5 Å². The molecule has 0 bridgehead atoms. The third-order valence-corrected chi connectivity index (χ3v) is 9.04. The van der Waals surface area contributed by atoms with E-state index in [4.69, 9.17) is 18.6 Å². The number of benzene rings is 2. The molecule has 3 unspecified atom stereocenters. The van der Waals surface area contributed by atoms with Crippen molar-refractivity contribution in [2.45, 2.75) is 56.1 Å². The number of rotatable bonds is 11. The summed E-state index contributed by atoms with van der Waals surface area (Å²) in [7, 11) is -4.01. The minimum atomic E-state index is -4.01. The lowest BCUT2D eigenvalue weighted by Gasteiger charge is -2.31. The van der Waals surface area contributed by atoms with E-state index in [1.54, 1.807) is 6.07 Å². The van der Waals surface area contributed by atoms with Crippen molar-refractivity contribution in [3.63, 3.8) is 0 Å². The number of carbonyl (C=O) groups excluding carboxylic acids is 1. The Balaban J connectivity index is 1.34. The van der Waals surface area contributed by atoms with Gasteiger partial charge in [-0.15, -0.1) is 0 Å². The Labute approximate surface area is 233 Å². The summed E-state index contributed by atoms with van der Waals surface area (Å²) in [5, 5.41) is 14.2. The van der Waals surface area contributed by atoms with Crippen molar-refractivity contribution in [3.05, 3.63) is 60.5 Å². The Kier molecular flexibility index (Phi) is 8.71. The van der Waals surface area contributed by atoms with E-state index in [0.29, 0.717) is 17.7 Å². The highest BCUT2D eigenvalue weighted by Gasteiger charge is 2.44. The summed E-state index contributed by atoms with van der Waals surface area (Å²) in [5.74, 6) is -0.0517. The van der Waals surface area contributed by atoms with E-state index in [2.05, 4.69) is 10.3 Å². The quantitative estimate of drug-likeness (QED) is 0.354. The first-order chi connectivity index (χ1) is 19.2. The number of fused-ring (bicyclic) bond motifs is 2. The topological polar surface area (TPSA) is 140 Å². The average molecular weight is 574 g/mol. The molecule has 40 heavy (non-hydrogen) atoms. The van der Waals surface area contributed by atoms with Crippen LogP contribution in [0.15, 0.2) is 64.2 Å². The third kappa shape index (κ3) is 6.47. The minimum absolute atomic E-state index is 0.0211. The van der Waals surface area contributed by atoms with Crippen LogP contribution in [0.5, 0.6) is 0 Å². The Morgan fingerprint density at radius 3 is 2.75 bits per heavy atom. The summed E-state index contributed by atoms with van der Waals surface area (Å²) in [6, 6.07) is 13.0. The average Bonchev–Trinajstić information content (AvgIpc) is 3.66. The number of alkyl carbamates (subject to hydrolysis) is 1. The Morgan fingerprint density at radius 1 is 1.18 bits per heavy atom. The molecule has 1 aromatic heterocycles. The van der Waals surface area contributed by atoms with Gasteiger partial charge in [-0.2, -0.15) is 4.31 Å². The molecular formula is C28H35N3O8S. The lowest BCUT2D eigenvalue weighted by Crippen LogP contribution is -2.51. The van der Waals surface area contributed by atoms with Crippen LogP contribution in [-0.4, -0.2) is 79.7 Å². The van der Waals surface area contributed by atoms with Crippen LogP contribution < -0.4 is 5.32 Å². The molecular weight excluding hydrogens is 538 g/mol. The number of amides is 1. The van der Waals surface area contributed by atoms with E-state index in [0.717, 1.165) is 12.0 Å². The number of nitrogens with zero attached hydrogens (tertiary/aromatic N) is 2. The van der Waals surface area contributed by atoms with Gasteiger partial charge >= 0.3 is 6.09 Å². The third-order valence-electron chi connectivity index (χ3n) is 7.21. The number of aromatic nitrogens is 1. The number of hydrogen-bond donors (Lipinski definition) is 2. The van der Waals surface area contributed by atoms with Crippen LogP contribution in [0.4, 0.5) is 4.79 Å². The van der Waals surface area contributed by atoms with Crippen molar-refractivity contribution >= 4 is 27.2 Å². The lowest BCUT2D eigenvalue weighted by atomic mass is 10.0. The van der Waals surface area contributed by atoms with E-state index in [1.807, 2.05) is 44.2 Å². The van der Waals surface area contributed by atoms with E-state index < -0.39 is 34.4 Å². The lowest BCUT2D eigenvalue weighted by molar-refractivity contribution is -0.0907. The molecule has 2 aliphatic heterocycles. The SMILES string of the molecule is CC(C)CN(C[C@@H](O)[C@H](Cc1ccccc1)NC(=O)OC1COC2OCCC12)S(=O)(=O)c1ccc2ocnc2c1. The van der Waals surface area contributed by atoms with Crippen molar-refractivity contribution in [3.8, 4) is 0 Å². The molecule has 216 valence electrons. The van der Waals surface area contributed by atoms with Gasteiger partial charge in [0.2, 0.25) is 10.0 Å². The molecule has 5 atom stereocenters. The van der Waals surface area contributed by atoms with E-state index in [1.165, 1.54) is 22.8 Å². The summed E-state index contributed by atoms with van der Waals surface area (Å²) in [6.07, 6.45) is -0.488. The van der Waals surface area contributed by atoms with Crippen LogP contribution >= 0.6 is 0 Å². The predicted octanol–water partition coefficient (Wildman–Crippen LogP) is 2.93. The number of aliphatic hydroxyl groups is 1.